The van der Waals surface area contributed by atoms with Crippen molar-refractivity contribution in [3.63, 3.8) is 0 Å². The Morgan fingerprint density at radius 1 is 1.12 bits per heavy atom. The minimum absolute atomic E-state index is 0.0290. The number of amides is 1. The predicted octanol–water partition coefficient (Wildman–Crippen LogP) is 4.77. The van der Waals surface area contributed by atoms with Gasteiger partial charge < -0.3 is 5.32 Å². The third kappa shape index (κ3) is 5.14. The van der Waals surface area contributed by atoms with Crippen LogP contribution in [0.1, 0.15) is 43.9 Å². The Hall–Kier alpha value is -2.69. The van der Waals surface area contributed by atoms with Crippen molar-refractivity contribution in [2.45, 2.75) is 46.0 Å². The summed E-state index contributed by atoms with van der Waals surface area (Å²) in [6, 6.07) is 12.8. The highest BCUT2D eigenvalue weighted by Crippen LogP contribution is 2.23. The Morgan fingerprint density at radius 3 is 2.32 bits per heavy atom. The Bertz CT molecular complexity index is 775. The van der Waals surface area contributed by atoms with Crippen LogP contribution < -0.4 is 5.32 Å². The Labute approximate surface area is 148 Å². The van der Waals surface area contributed by atoms with Crippen molar-refractivity contribution >= 4 is 17.3 Å². The summed E-state index contributed by atoms with van der Waals surface area (Å²) in [5.74, 6) is -0.150. The van der Waals surface area contributed by atoms with Crippen LogP contribution in [0.25, 0.3) is 0 Å². The van der Waals surface area contributed by atoms with Crippen molar-refractivity contribution in [3.05, 3.63) is 69.3 Å². The monoisotopic (exact) mass is 340 g/mol. The third-order valence-corrected chi connectivity index (χ3v) is 4.17. The lowest BCUT2D eigenvalue weighted by molar-refractivity contribution is -0.384. The van der Waals surface area contributed by atoms with Crippen LogP contribution in [0.4, 0.5) is 11.4 Å². The molecule has 0 aliphatic rings. The zero-order valence-corrected chi connectivity index (χ0v) is 15.1. The molecule has 0 radical (unpaired) electrons. The number of nitrogens with one attached hydrogen (secondary N) is 1. The molecule has 0 unspecified atom stereocenters. The normalized spacial score (nSPS) is 11.2. The van der Waals surface area contributed by atoms with E-state index in [2.05, 4.69) is 38.2 Å². The number of aryl methyl sites for hydroxylation is 2. The van der Waals surface area contributed by atoms with Crippen molar-refractivity contribution < 1.29 is 9.72 Å². The highest BCUT2D eigenvalue weighted by atomic mass is 16.6. The molecule has 0 heterocycles. The van der Waals surface area contributed by atoms with E-state index in [-0.39, 0.29) is 17.0 Å². The Kier molecular flexibility index (Phi) is 5.57. The van der Waals surface area contributed by atoms with Crippen LogP contribution in [-0.2, 0) is 16.6 Å². The van der Waals surface area contributed by atoms with Crippen LogP contribution in [0.5, 0.6) is 0 Å². The maximum absolute atomic E-state index is 12.2. The molecule has 2 aromatic rings. The SMILES string of the molecule is Cc1ccc([N+](=O)[O-])cc1NC(=O)CCc1ccc(C(C)(C)C)cc1. The van der Waals surface area contributed by atoms with E-state index in [1.165, 1.54) is 17.7 Å². The van der Waals surface area contributed by atoms with Crippen molar-refractivity contribution in [1.82, 2.24) is 0 Å². The number of hydrogen-bond donors (Lipinski definition) is 1. The van der Waals surface area contributed by atoms with E-state index in [1.54, 1.807) is 6.07 Å². The maximum atomic E-state index is 12.2. The van der Waals surface area contributed by atoms with E-state index in [0.29, 0.717) is 18.5 Å². The molecule has 2 aromatic carbocycles. The first-order valence-electron chi connectivity index (χ1n) is 8.31. The van der Waals surface area contributed by atoms with E-state index in [1.807, 2.05) is 19.1 Å². The van der Waals surface area contributed by atoms with Gasteiger partial charge in [-0.2, -0.15) is 0 Å². The van der Waals surface area contributed by atoms with Crippen molar-refractivity contribution in [1.29, 1.82) is 0 Å². The molecule has 1 N–H and O–H groups in total. The van der Waals surface area contributed by atoms with Crippen molar-refractivity contribution in [2.24, 2.45) is 0 Å². The fraction of sp³-hybridized carbons (Fsp3) is 0.350. The average molecular weight is 340 g/mol. The van der Waals surface area contributed by atoms with Gasteiger partial charge in [0.15, 0.2) is 0 Å². The third-order valence-electron chi connectivity index (χ3n) is 4.17. The Morgan fingerprint density at radius 2 is 1.76 bits per heavy atom. The molecule has 0 saturated heterocycles. The van der Waals surface area contributed by atoms with E-state index in [0.717, 1.165) is 11.1 Å². The number of carbonyl (C=O) groups is 1. The van der Waals surface area contributed by atoms with Crippen LogP contribution in [-0.4, -0.2) is 10.8 Å². The summed E-state index contributed by atoms with van der Waals surface area (Å²) >= 11 is 0. The van der Waals surface area contributed by atoms with Gasteiger partial charge in [0.1, 0.15) is 0 Å². The molecule has 25 heavy (non-hydrogen) atoms. The van der Waals surface area contributed by atoms with Crippen LogP contribution >= 0.6 is 0 Å². The standard InChI is InChI=1S/C20H24N2O3/c1-14-5-11-17(22(24)25)13-18(14)21-19(23)12-8-15-6-9-16(10-7-15)20(2,3)4/h5-7,9-11,13H,8,12H2,1-4H3,(H,21,23). The molecule has 5 nitrogen and oxygen atoms in total. The van der Waals surface area contributed by atoms with Crippen molar-refractivity contribution in [3.8, 4) is 0 Å². The van der Waals surface area contributed by atoms with Gasteiger partial charge in [-0.05, 0) is 35.4 Å². The van der Waals surface area contributed by atoms with Gasteiger partial charge in [0.25, 0.3) is 5.69 Å². The summed E-state index contributed by atoms with van der Waals surface area (Å²) in [5.41, 5.74) is 3.72. The number of hydrogen-bond acceptors (Lipinski definition) is 3. The summed E-state index contributed by atoms with van der Waals surface area (Å²) in [7, 11) is 0. The predicted molar refractivity (Wildman–Crippen MR) is 99.9 cm³/mol. The van der Waals surface area contributed by atoms with Gasteiger partial charge in [-0.15, -0.1) is 0 Å². The highest BCUT2D eigenvalue weighted by molar-refractivity contribution is 5.92. The molecule has 0 bridgehead atoms. The number of anilines is 1. The average Bonchev–Trinajstić information content (AvgIpc) is 2.54. The van der Waals surface area contributed by atoms with Gasteiger partial charge in [-0.3, -0.25) is 14.9 Å². The summed E-state index contributed by atoms with van der Waals surface area (Å²) < 4.78 is 0. The molecule has 0 aliphatic carbocycles. The molecule has 0 aromatic heterocycles. The van der Waals surface area contributed by atoms with Gasteiger partial charge >= 0.3 is 0 Å². The lowest BCUT2D eigenvalue weighted by atomic mass is 9.86. The summed E-state index contributed by atoms with van der Waals surface area (Å²) in [6.45, 7) is 8.30. The second kappa shape index (κ2) is 7.47. The molecule has 0 atom stereocenters. The first-order chi connectivity index (χ1) is 11.7. The molecule has 0 saturated carbocycles. The zero-order chi connectivity index (χ0) is 18.6. The maximum Gasteiger partial charge on any atom is 0.271 e. The van der Waals surface area contributed by atoms with E-state index in [9.17, 15) is 14.9 Å². The largest absolute Gasteiger partial charge is 0.326 e. The number of benzene rings is 2. The summed E-state index contributed by atoms with van der Waals surface area (Å²) in [6.07, 6.45) is 0.960. The number of nitro groups is 1. The quantitative estimate of drug-likeness (QED) is 0.629. The molecule has 132 valence electrons. The van der Waals surface area contributed by atoms with E-state index >= 15 is 0 Å². The molecule has 5 heteroatoms. The fourth-order valence-corrected chi connectivity index (χ4v) is 2.50. The van der Waals surface area contributed by atoms with Gasteiger partial charge in [0.05, 0.1) is 10.6 Å². The molecule has 0 aliphatic heterocycles. The first kappa shape index (κ1) is 18.6. The van der Waals surface area contributed by atoms with Crippen molar-refractivity contribution in [2.75, 3.05) is 5.32 Å². The lowest BCUT2D eigenvalue weighted by Gasteiger charge is -2.19. The molecule has 0 fully saturated rings. The minimum Gasteiger partial charge on any atom is -0.326 e. The fourth-order valence-electron chi connectivity index (χ4n) is 2.50. The van der Waals surface area contributed by atoms with Gasteiger partial charge in [-0.1, -0.05) is 51.1 Å². The van der Waals surface area contributed by atoms with Crippen LogP contribution in [0, 0.1) is 17.0 Å². The second-order valence-electron chi connectivity index (χ2n) is 7.25. The summed E-state index contributed by atoms with van der Waals surface area (Å²) in [5, 5.41) is 13.6. The van der Waals surface area contributed by atoms with Crippen LogP contribution in [0.2, 0.25) is 0 Å². The molecule has 2 rings (SSSR count). The molecular formula is C20H24N2O3. The highest BCUT2D eigenvalue weighted by Gasteiger charge is 2.14. The van der Waals surface area contributed by atoms with Crippen LogP contribution in [0.3, 0.4) is 0 Å². The number of non-ortho nitro benzene ring substituents is 1. The molecular weight excluding hydrogens is 316 g/mol. The van der Waals surface area contributed by atoms with E-state index < -0.39 is 4.92 Å². The number of carbonyl (C=O) groups excluding carboxylic acids is 1. The Balaban J connectivity index is 1.97. The number of rotatable bonds is 5. The first-order valence-corrected chi connectivity index (χ1v) is 8.31. The molecule has 0 spiro atoms. The van der Waals surface area contributed by atoms with Gasteiger partial charge in [0, 0.05) is 18.6 Å². The minimum atomic E-state index is -0.466. The zero-order valence-electron chi connectivity index (χ0n) is 15.1. The summed E-state index contributed by atoms with van der Waals surface area (Å²) in [4.78, 5) is 22.5. The second-order valence-corrected chi connectivity index (χ2v) is 7.25. The van der Waals surface area contributed by atoms with Crippen LogP contribution in [0.15, 0.2) is 42.5 Å². The number of nitro benzene ring substituents is 1. The molecule has 1 amide bonds. The van der Waals surface area contributed by atoms with Gasteiger partial charge in [-0.25, -0.2) is 0 Å². The number of nitrogens with zero attached hydrogens (tertiary/aromatic N) is 1. The lowest BCUT2D eigenvalue weighted by Crippen LogP contribution is -2.14. The smallest absolute Gasteiger partial charge is 0.271 e. The van der Waals surface area contributed by atoms with E-state index in [4.69, 9.17) is 0 Å². The van der Waals surface area contributed by atoms with Gasteiger partial charge in [0.2, 0.25) is 5.91 Å². The topological polar surface area (TPSA) is 72.2 Å².